The molecule has 5 rings (SSSR count). The van der Waals surface area contributed by atoms with Gasteiger partial charge >= 0.3 is 0 Å². The van der Waals surface area contributed by atoms with Gasteiger partial charge in [-0.15, -0.1) is 0 Å². The monoisotopic (exact) mass is 459 g/mol. The molecule has 0 saturated carbocycles. The number of alkyl halides is 2. The summed E-state index contributed by atoms with van der Waals surface area (Å²) in [6.07, 6.45) is -1.06. The summed E-state index contributed by atoms with van der Waals surface area (Å²) in [6.45, 7) is 0.478. The summed E-state index contributed by atoms with van der Waals surface area (Å²) in [7, 11) is 1.61. The number of aromatic nitrogens is 5. The van der Waals surface area contributed by atoms with E-state index in [1.54, 1.807) is 31.6 Å². The van der Waals surface area contributed by atoms with E-state index >= 15 is 0 Å². The van der Waals surface area contributed by atoms with Crippen LogP contribution in [0.5, 0.6) is 17.4 Å². The number of fused-ring (bicyclic) bond motifs is 1. The van der Waals surface area contributed by atoms with Crippen LogP contribution in [-0.4, -0.2) is 31.6 Å². The number of rotatable bonds is 7. The predicted octanol–water partition coefficient (Wildman–Crippen LogP) is 5.68. The highest BCUT2D eigenvalue weighted by Crippen LogP contribution is 2.30. The second-order valence-corrected chi connectivity index (χ2v) is 7.41. The SMILES string of the molecule is COc1ccc(Cn2cnc3c(Oc4ccccc4)nc(-c4cccc(C(F)F)n4)nc32)cc1. The summed E-state index contributed by atoms with van der Waals surface area (Å²) in [5.74, 6) is 1.70. The maximum atomic E-state index is 13.2. The number of para-hydroxylation sites is 1. The Labute approximate surface area is 193 Å². The third-order valence-corrected chi connectivity index (χ3v) is 5.12. The molecule has 0 fully saturated rings. The summed E-state index contributed by atoms with van der Waals surface area (Å²) in [6, 6.07) is 21.1. The van der Waals surface area contributed by atoms with Crippen LogP contribution in [-0.2, 0) is 6.54 Å². The number of halogens is 2. The Morgan fingerprint density at radius 2 is 1.65 bits per heavy atom. The average Bonchev–Trinajstić information content (AvgIpc) is 3.28. The van der Waals surface area contributed by atoms with Gasteiger partial charge in [-0.3, -0.25) is 0 Å². The van der Waals surface area contributed by atoms with Gasteiger partial charge in [0.25, 0.3) is 12.3 Å². The number of benzene rings is 2. The fourth-order valence-corrected chi connectivity index (χ4v) is 3.45. The summed E-state index contributed by atoms with van der Waals surface area (Å²) in [5, 5.41) is 0. The topological polar surface area (TPSA) is 75.0 Å². The van der Waals surface area contributed by atoms with Crippen molar-refractivity contribution in [2.24, 2.45) is 0 Å². The molecule has 0 unspecified atom stereocenters. The van der Waals surface area contributed by atoms with Crippen molar-refractivity contribution in [3.05, 3.63) is 90.4 Å². The van der Waals surface area contributed by atoms with Crippen molar-refractivity contribution >= 4 is 11.2 Å². The van der Waals surface area contributed by atoms with Crippen LogP contribution in [0.3, 0.4) is 0 Å². The largest absolute Gasteiger partial charge is 0.497 e. The lowest BCUT2D eigenvalue weighted by Crippen LogP contribution is -2.03. The van der Waals surface area contributed by atoms with Crippen LogP contribution in [0.2, 0.25) is 0 Å². The standard InChI is InChI=1S/C25H19F2N5O2/c1-33-17-12-10-16(11-13-17)14-32-15-28-21-24(32)30-23(20-9-5-8-19(29-20)22(26)27)31-25(21)34-18-6-3-2-4-7-18/h2-13,15,22H,14H2,1H3. The minimum Gasteiger partial charge on any atom is -0.497 e. The van der Waals surface area contributed by atoms with Crippen molar-refractivity contribution in [3.8, 4) is 28.9 Å². The Balaban J connectivity index is 1.61. The first-order valence-electron chi connectivity index (χ1n) is 10.4. The van der Waals surface area contributed by atoms with Crippen LogP contribution in [0, 0.1) is 0 Å². The van der Waals surface area contributed by atoms with Crippen molar-refractivity contribution < 1.29 is 18.3 Å². The average molecular weight is 459 g/mol. The van der Waals surface area contributed by atoms with Gasteiger partial charge in [0.2, 0.25) is 0 Å². The van der Waals surface area contributed by atoms with Crippen LogP contribution >= 0.6 is 0 Å². The fraction of sp³-hybridized carbons (Fsp3) is 0.120. The third-order valence-electron chi connectivity index (χ3n) is 5.12. The van der Waals surface area contributed by atoms with Crippen molar-refractivity contribution in [2.75, 3.05) is 7.11 Å². The van der Waals surface area contributed by atoms with Gasteiger partial charge < -0.3 is 14.0 Å². The van der Waals surface area contributed by atoms with Gasteiger partial charge in [-0.1, -0.05) is 36.4 Å². The zero-order valence-corrected chi connectivity index (χ0v) is 18.1. The van der Waals surface area contributed by atoms with E-state index in [-0.39, 0.29) is 23.1 Å². The first kappa shape index (κ1) is 21.4. The first-order chi connectivity index (χ1) is 16.6. The number of nitrogens with zero attached hydrogens (tertiary/aromatic N) is 5. The van der Waals surface area contributed by atoms with E-state index in [1.165, 1.54) is 12.1 Å². The van der Waals surface area contributed by atoms with Crippen LogP contribution < -0.4 is 9.47 Å². The van der Waals surface area contributed by atoms with Gasteiger partial charge in [0, 0.05) is 0 Å². The molecular weight excluding hydrogens is 440 g/mol. The molecule has 0 radical (unpaired) electrons. The Morgan fingerprint density at radius 3 is 2.38 bits per heavy atom. The molecule has 0 spiro atoms. The molecule has 9 heteroatoms. The van der Waals surface area contributed by atoms with E-state index < -0.39 is 6.43 Å². The van der Waals surface area contributed by atoms with Gasteiger partial charge in [0.1, 0.15) is 22.9 Å². The minimum atomic E-state index is -2.70. The van der Waals surface area contributed by atoms with Gasteiger partial charge in [-0.05, 0) is 42.0 Å². The highest BCUT2D eigenvalue weighted by Gasteiger charge is 2.18. The molecule has 0 aliphatic carbocycles. The first-order valence-corrected chi connectivity index (χ1v) is 10.4. The summed E-state index contributed by atoms with van der Waals surface area (Å²) in [4.78, 5) is 17.6. The van der Waals surface area contributed by atoms with Crippen LogP contribution in [0.25, 0.3) is 22.7 Å². The molecular formula is C25H19F2N5O2. The number of methoxy groups -OCH3 is 1. The molecule has 5 aromatic rings. The lowest BCUT2D eigenvalue weighted by atomic mass is 10.2. The maximum Gasteiger partial charge on any atom is 0.280 e. The predicted molar refractivity (Wildman–Crippen MR) is 122 cm³/mol. The Hall–Kier alpha value is -4.40. The Kier molecular flexibility index (Phi) is 5.82. The highest BCUT2D eigenvalue weighted by atomic mass is 19.3. The Morgan fingerprint density at radius 1 is 0.853 bits per heavy atom. The van der Waals surface area contributed by atoms with E-state index in [4.69, 9.17) is 9.47 Å². The van der Waals surface area contributed by atoms with E-state index in [0.29, 0.717) is 23.5 Å². The van der Waals surface area contributed by atoms with Crippen LogP contribution in [0.4, 0.5) is 8.78 Å². The quantitative estimate of drug-likeness (QED) is 0.312. The lowest BCUT2D eigenvalue weighted by molar-refractivity contribution is 0.146. The zero-order chi connectivity index (χ0) is 23.5. The molecule has 0 N–H and O–H groups in total. The van der Waals surface area contributed by atoms with Gasteiger partial charge in [0.05, 0.1) is 20.0 Å². The molecule has 2 aromatic carbocycles. The number of hydrogen-bond acceptors (Lipinski definition) is 6. The highest BCUT2D eigenvalue weighted by molar-refractivity contribution is 5.79. The van der Waals surface area contributed by atoms with Crippen molar-refractivity contribution in [1.82, 2.24) is 24.5 Å². The lowest BCUT2D eigenvalue weighted by Gasteiger charge is -2.10. The molecule has 3 heterocycles. The van der Waals surface area contributed by atoms with E-state index in [9.17, 15) is 8.78 Å². The summed E-state index contributed by atoms with van der Waals surface area (Å²) >= 11 is 0. The minimum absolute atomic E-state index is 0.164. The number of pyridine rings is 1. The zero-order valence-electron chi connectivity index (χ0n) is 18.1. The van der Waals surface area contributed by atoms with Crippen LogP contribution in [0.1, 0.15) is 17.7 Å². The molecule has 170 valence electrons. The second-order valence-electron chi connectivity index (χ2n) is 7.41. The summed E-state index contributed by atoms with van der Waals surface area (Å²) < 4.78 is 39.6. The third kappa shape index (κ3) is 4.40. The summed E-state index contributed by atoms with van der Waals surface area (Å²) in [5.41, 5.74) is 1.82. The molecule has 0 atom stereocenters. The van der Waals surface area contributed by atoms with E-state index in [0.717, 1.165) is 11.3 Å². The van der Waals surface area contributed by atoms with Crippen molar-refractivity contribution in [2.45, 2.75) is 13.0 Å². The molecule has 0 aliphatic rings. The van der Waals surface area contributed by atoms with Crippen LogP contribution in [0.15, 0.2) is 79.1 Å². The normalized spacial score (nSPS) is 11.2. The van der Waals surface area contributed by atoms with Crippen molar-refractivity contribution in [3.63, 3.8) is 0 Å². The number of imidazole rings is 1. The molecule has 34 heavy (non-hydrogen) atoms. The fourth-order valence-electron chi connectivity index (χ4n) is 3.45. The molecule has 0 saturated heterocycles. The molecule has 0 amide bonds. The Bertz CT molecular complexity index is 1420. The smallest absolute Gasteiger partial charge is 0.280 e. The number of hydrogen-bond donors (Lipinski definition) is 0. The second kappa shape index (κ2) is 9.22. The van der Waals surface area contributed by atoms with Gasteiger partial charge in [-0.25, -0.2) is 23.7 Å². The maximum absolute atomic E-state index is 13.2. The van der Waals surface area contributed by atoms with Gasteiger partial charge in [-0.2, -0.15) is 4.98 Å². The van der Waals surface area contributed by atoms with E-state index in [1.807, 2.05) is 47.0 Å². The van der Waals surface area contributed by atoms with Gasteiger partial charge in [0.15, 0.2) is 17.0 Å². The molecule has 3 aromatic heterocycles. The number of ether oxygens (including phenoxy) is 2. The molecule has 0 bridgehead atoms. The molecule has 7 nitrogen and oxygen atoms in total. The molecule has 0 aliphatic heterocycles. The van der Waals surface area contributed by atoms with Crippen molar-refractivity contribution in [1.29, 1.82) is 0 Å². The van der Waals surface area contributed by atoms with E-state index in [2.05, 4.69) is 19.9 Å².